The predicted octanol–water partition coefficient (Wildman–Crippen LogP) is 6.50. The van der Waals surface area contributed by atoms with Crippen molar-refractivity contribution in [3.05, 3.63) is 98.5 Å². The Morgan fingerprint density at radius 1 is 1.03 bits per heavy atom. The molecule has 1 N–H and O–H groups in total. The first-order chi connectivity index (χ1) is 14.9. The summed E-state index contributed by atoms with van der Waals surface area (Å²) in [6.07, 6.45) is 1.60. The first kappa shape index (κ1) is 22.3. The molecule has 0 aliphatic rings. The van der Waals surface area contributed by atoms with Gasteiger partial charge < -0.3 is 10.1 Å². The van der Waals surface area contributed by atoms with Crippen molar-refractivity contribution in [3.63, 3.8) is 0 Å². The van der Waals surface area contributed by atoms with Gasteiger partial charge in [-0.25, -0.2) is 0 Å². The van der Waals surface area contributed by atoms with Crippen LogP contribution >= 0.6 is 15.9 Å². The molecule has 0 fully saturated rings. The van der Waals surface area contributed by atoms with Crippen LogP contribution in [-0.4, -0.2) is 5.91 Å². The summed E-state index contributed by atoms with van der Waals surface area (Å²) in [4.78, 5) is 12.5. The van der Waals surface area contributed by atoms with E-state index in [1.165, 1.54) is 0 Å². The van der Waals surface area contributed by atoms with Crippen LogP contribution in [0.15, 0.2) is 70.7 Å². The summed E-state index contributed by atoms with van der Waals surface area (Å²) in [6, 6.07) is 21.3. The molecular weight excluding hydrogens is 452 g/mol. The molecule has 0 atom stereocenters. The van der Waals surface area contributed by atoms with Gasteiger partial charge in [-0.15, -0.1) is 0 Å². The van der Waals surface area contributed by atoms with Crippen LogP contribution in [0, 0.1) is 32.1 Å². The highest BCUT2D eigenvalue weighted by Gasteiger charge is 2.12. The van der Waals surface area contributed by atoms with Gasteiger partial charge in [-0.3, -0.25) is 4.79 Å². The monoisotopic (exact) mass is 474 g/mol. The van der Waals surface area contributed by atoms with Crippen LogP contribution in [0.3, 0.4) is 0 Å². The Bertz CT molecular complexity index is 1130. The molecule has 0 unspecified atom stereocenters. The van der Waals surface area contributed by atoms with Crippen LogP contribution in [0.25, 0.3) is 6.08 Å². The minimum Gasteiger partial charge on any atom is -0.488 e. The third-order valence-corrected chi connectivity index (χ3v) is 5.29. The van der Waals surface area contributed by atoms with E-state index in [1.54, 1.807) is 6.08 Å². The van der Waals surface area contributed by atoms with Gasteiger partial charge in [0.25, 0.3) is 5.91 Å². The molecule has 31 heavy (non-hydrogen) atoms. The average Bonchev–Trinajstić information content (AvgIpc) is 2.74. The summed E-state index contributed by atoms with van der Waals surface area (Å²) in [5.74, 6) is 0.375. The molecule has 0 spiro atoms. The Kier molecular flexibility index (Phi) is 7.28. The minimum atomic E-state index is -0.433. The molecule has 0 heterocycles. The van der Waals surface area contributed by atoms with Crippen LogP contribution in [-0.2, 0) is 11.4 Å². The lowest BCUT2D eigenvalue weighted by atomic mass is 10.0. The number of aryl methyl sites for hydroxylation is 3. The van der Waals surface area contributed by atoms with Gasteiger partial charge in [0.2, 0.25) is 0 Å². The predicted molar refractivity (Wildman–Crippen MR) is 128 cm³/mol. The van der Waals surface area contributed by atoms with Crippen molar-refractivity contribution in [2.24, 2.45) is 0 Å². The second-order valence-corrected chi connectivity index (χ2v) is 8.30. The van der Waals surface area contributed by atoms with Gasteiger partial charge >= 0.3 is 0 Å². The SMILES string of the molecule is Cc1ccc(NC(=O)/C(C#N)=C/c2cc(C)c(OCc3ccc(Br)cc3)c(C)c2)cc1. The molecule has 5 heteroatoms. The van der Waals surface area contributed by atoms with E-state index in [0.717, 1.165) is 38.0 Å². The van der Waals surface area contributed by atoms with E-state index in [9.17, 15) is 10.1 Å². The van der Waals surface area contributed by atoms with Gasteiger partial charge in [0.15, 0.2) is 0 Å². The number of amides is 1. The van der Waals surface area contributed by atoms with Crippen LogP contribution in [0.1, 0.15) is 27.8 Å². The largest absolute Gasteiger partial charge is 0.488 e. The van der Waals surface area contributed by atoms with Crippen molar-refractivity contribution in [2.75, 3.05) is 5.32 Å². The lowest BCUT2D eigenvalue weighted by Gasteiger charge is -2.13. The molecule has 0 saturated heterocycles. The Labute approximate surface area is 191 Å². The maximum Gasteiger partial charge on any atom is 0.266 e. The van der Waals surface area contributed by atoms with Gasteiger partial charge in [-0.05, 0) is 85.5 Å². The summed E-state index contributed by atoms with van der Waals surface area (Å²) < 4.78 is 7.06. The summed E-state index contributed by atoms with van der Waals surface area (Å²) in [5.41, 5.74) is 5.54. The van der Waals surface area contributed by atoms with E-state index in [1.807, 2.05) is 87.5 Å². The van der Waals surface area contributed by atoms with Crippen molar-refractivity contribution in [1.29, 1.82) is 5.26 Å². The standard InChI is InChI=1S/C26H23BrN2O2/c1-17-4-10-24(11-5-17)29-26(30)22(15-28)14-21-12-18(2)25(19(3)13-21)31-16-20-6-8-23(27)9-7-20/h4-14H,16H2,1-3H3,(H,29,30)/b22-14+. The number of hydrogen-bond donors (Lipinski definition) is 1. The maximum atomic E-state index is 12.5. The topological polar surface area (TPSA) is 62.1 Å². The summed E-state index contributed by atoms with van der Waals surface area (Å²) >= 11 is 3.43. The summed E-state index contributed by atoms with van der Waals surface area (Å²) in [5, 5.41) is 12.3. The van der Waals surface area contributed by atoms with Crippen LogP contribution < -0.4 is 10.1 Å². The minimum absolute atomic E-state index is 0.0444. The van der Waals surface area contributed by atoms with Crippen molar-refractivity contribution < 1.29 is 9.53 Å². The molecule has 1 amide bonds. The van der Waals surface area contributed by atoms with Crippen molar-refractivity contribution in [1.82, 2.24) is 0 Å². The maximum absolute atomic E-state index is 12.5. The van der Waals surface area contributed by atoms with E-state index in [4.69, 9.17) is 4.74 Å². The van der Waals surface area contributed by atoms with Crippen LogP contribution in [0.4, 0.5) is 5.69 Å². The summed E-state index contributed by atoms with van der Waals surface area (Å²) in [7, 11) is 0. The first-order valence-electron chi connectivity index (χ1n) is 9.84. The molecule has 3 aromatic rings. The summed E-state index contributed by atoms with van der Waals surface area (Å²) in [6.45, 7) is 6.36. The molecule has 0 saturated carbocycles. The van der Waals surface area contributed by atoms with Gasteiger partial charge in [-0.2, -0.15) is 5.26 Å². The molecular formula is C26H23BrN2O2. The molecule has 0 aliphatic heterocycles. The van der Waals surface area contributed by atoms with E-state index < -0.39 is 5.91 Å². The Morgan fingerprint density at radius 3 is 2.23 bits per heavy atom. The Hall–Kier alpha value is -3.36. The highest BCUT2D eigenvalue weighted by atomic mass is 79.9. The number of nitriles is 1. The quantitative estimate of drug-likeness (QED) is 0.327. The Morgan fingerprint density at radius 2 is 1.65 bits per heavy atom. The number of halogens is 1. The number of anilines is 1. The van der Waals surface area contributed by atoms with E-state index in [0.29, 0.717) is 12.3 Å². The third-order valence-electron chi connectivity index (χ3n) is 4.76. The van der Waals surface area contributed by atoms with Gasteiger partial charge in [-0.1, -0.05) is 45.8 Å². The van der Waals surface area contributed by atoms with E-state index >= 15 is 0 Å². The molecule has 3 aromatic carbocycles. The van der Waals surface area contributed by atoms with Crippen molar-refractivity contribution in [2.45, 2.75) is 27.4 Å². The van der Waals surface area contributed by atoms with Gasteiger partial charge in [0.1, 0.15) is 24.0 Å². The second-order valence-electron chi connectivity index (χ2n) is 7.39. The average molecular weight is 475 g/mol. The zero-order valence-electron chi connectivity index (χ0n) is 17.7. The number of benzene rings is 3. The zero-order chi connectivity index (χ0) is 22.4. The zero-order valence-corrected chi connectivity index (χ0v) is 19.3. The lowest BCUT2D eigenvalue weighted by Crippen LogP contribution is -2.13. The van der Waals surface area contributed by atoms with Crippen molar-refractivity contribution in [3.8, 4) is 11.8 Å². The van der Waals surface area contributed by atoms with E-state index in [-0.39, 0.29) is 5.57 Å². The van der Waals surface area contributed by atoms with Crippen LogP contribution in [0.5, 0.6) is 5.75 Å². The van der Waals surface area contributed by atoms with Gasteiger partial charge in [0.05, 0.1) is 0 Å². The highest BCUT2D eigenvalue weighted by molar-refractivity contribution is 9.10. The molecule has 0 radical (unpaired) electrons. The fourth-order valence-corrected chi connectivity index (χ4v) is 3.45. The number of rotatable bonds is 6. The smallest absolute Gasteiger partial charge is 0.266 e. The molecule has 156 valence electrons. The molecule has 3 rings (SSSR count). The number of carbonyl (C=O) groups excluding carboxylic acids is 1. The lowest BCUT2D eigenvalue weighted by molar-refractivity contribution is -0.112. The number of nitrogens with zero attached hydrogens (tertiary/aromatic N) is 1. The number of nitrogens with one attached hydrogen (secondary N) is 1. The highest BCUT2D eigenvalue weighted by Crippen LogP contribution is 2.27. The molecule has 0 aliphatic carbocycles. The van der Waals surface area contributed by atoms with E-state index in [2.05, 4.69) is 21.2 Å². The third kappa shape index (κ3) is 6.07. The van der Waals surface area contributed by atoms with Crippen LogP contribution in [0.2, 0.25) is 0 Å². The Balaban J connectivity index is 1.76. The molecule has 0 bridgehead atoms. The first-order valence-corrected chi connectivity index (χ1v) is 10.6. The second kappa shape index (κ2) is 10.1. The number of carbonyl (C=O) groups is 1. The number of hydrogen-bond acceptors (Lipinski definition) is 3. The van der Waals surface area contributed by atoms with Crippen molar-refractivity contribution >= 4 is 33.6 Å². The fraction of sp³-hybridized carbons (Fsp3) is 0.154. The number of ether oxygens (including phenoxy) is 1. The molecule has 0 aromatic heterocycles. The fourth-order valence-electron chi connectivity index (χ4n) is 3.18. The van der Waals surface area contributed by atoms with Gasteiger partial charge in [0, 0.05) is 10.2 Å². The normalized spacial score (nSPS) is 11.0. The molecule has 4 nitrogen and oxygen atoms in total.